The Bertz CT molecular complexity index is 1470. The zero-order valence-corrected chi connectivity index (χ0v) is 55.7. The first-order valence-electron chi connectivity index (χ1n) is 36.8. The molecule has 0 rings (SSSR count). The zero-order chi connectivity index (χ0) is 59.9. The van der Waals surface area contributed by atoms with Crippen molar-refractivity contribution < 1.29 is 28.6 Å². The summed E-state index contributed by atoms with van der Waals surface area (Å²) in [5.74, 6) is -1.01. The number of ether oxygens (including phenoxy) is 3. The van der Waals surface area contributed by atoms with Crippen LogP contribution in [0.1, 0.15) is 393 Å². The highest BCUT2D eigenvalue weighted by Gasteiger charge is 2.19. The minimum absolute atomic E-state index is 0.0989. The summed E-state index contributed by atoms with van der Waals surface area (Å²) >= 11 is 0. The van der Waals surface area contributed by atoms with Crippen LogP contribution in [0.15, 0.2) is 60.8 Å². The van der Waals surface area contributed by atoms with Gasteiger partial charge >= 0.3 is 17.9 Å². The van der Waals surface area contributed by atoms with E-state index in [0.29, 0.717) is 12.8 Å². The van der Waals surface area contributed by atoms with Crippen LogP contribution >= 0.6 is 0 Å². The quantitative estimate of drug-likeness (QED) is 0.0261. The number of unbranched alkanes of at least 4 members (excludes halogenated alkanes) is 48. The lowest BCUT2D eigenvalue weighted by molar-refractivity contribution is -0.166. The van der Waals surface area contributed by atoms with Crippen molar-refractivity contribution in [2.24, 2.45) is 0 Å². The van der Waals surface area contributed by atoms with Gasteiger partial charge in [0.05, 0.1) is 6.42 Å². The summed E-state index contributed by atoms with van der Waals surface area (Å²) in [5, 5.41) is 0. The third-order valence-electron chi connectivity index (χ3n) is 16.6. The smallest absolute Gasteiger partial charge is 0.309 e. The molecular weight excluding hydrogens is 1020 g/mol. The van der Waals surface area contributed by atoms with Crippen LogP contribution in [0.3, 0.4) is 0 Å². The first-order chi connectivity index (χ1) is 41.0. The van der Waals surface area contributed by atoms with Gasteiger partial charge in [-0.1, -0.05) is 390 Å². The summed E-state index contributed by atoms with van der Waals surface area (Å²) in [4.78, 5) is 38.4. The Morgan fingerprint density at radius 1 is 0.253 bits per heavy atom. The molecule has 1 atom stereocenters. The molecule has 0 saturated carbocycles. The van der Waals surface area contributed by atoms with Crippen molar-refractivity contribution in [1.82, 2.24) is 0 Å². The number of carbonyl (C=O) groups is 3. The third kappa shape index (κ3) is 69.8. The van der Waals surface area contributed by atoms with E-state index in [1.807, 2.05) is 12.2 Å². The molecule has 0 heterocycles. The van der Waals surface area contributed by atoms with E-state index in [4.69, 9.17) is 14.2 Å². The maximum Gasteiger partial charge on any atom is 0.309 e. The molecule has 0 aromatic heterocycles. The molecular formula is C77H140O6. The number of hydrogen-bond acceptors (Lipinski definition) is 6. The van der Waals surface area contributed by atoms with Gasteiger partial charge in [0.25, 0.3) is 0 Å². The molecule has 484 valence electrons. The van der Waals surface area contributed by atoms with Crippen LogP contribution < -0.4 is 0 Å². The molecule has 83 heavy (non-hydrogen) atoms. The minimum atomic E-state index is -0.813. The number of hydrogen-bond donors (Lipinski definition) is 0. The van der Waals surface area contributed by atoms with Gasteiger partial charge in [-0.2, -0.15) is 0 Å². The predicted molar refractivity (Wildman–Crippen MR) is 362 cm³/mol. The molecule has 0 saturated heterocycles. The van der Waals surface area contributed by atoms with Crippen LogP contribution in [-0.2, 0) is 28.6 Å². The minimum Gasteiger partial charge on any atom is -0.462 e. The lowest BCUT2D eigenvalue weighted by Gasteiger charge is -2.18. The first-order valence-corrected chi connectivity index (χ1v) is 36.8. The summed E-state index contributed by atoms with van der Waals surface area (Å²) in [6, 6.07) is 0. The van der Waals surface area contributed by atoms with Crippen molar-refractivity contribution in [2.75, 3.05) is 13.2 Å². The third-order valence-corrected chi connectivity index (χ3v) is 16.6. The number of carbonyl (C=O) groups excluding carboxylic acids is 3. The standard InChI is InChI=1S/C77H140O6/c1-4-7-10-13-16-19-22-25-28-30-32-33-34-35-36-37-38-39-40-41-42-43-45-46-49-52-55-58-61-64-67-70-76(79)82-73-74(72-81-75(78)69-66-63-60-57-54-51-48-27-24-21-18-15-12-9-6-3)83-77(80)71-68-65-62-59-56-53-50-47-44-31-29-26-23-20-17-14-11-8-5-2/h9,12,18,21,27,48,54,57,63,66,74H,4-8,10-11,13-17,19-20,22-26,28-47,49-53,55-56,58-62,64-65,67-73H2,1-3H3/b12-9-,21-18-,48-27-,57-54-,66-63-. The van der Waals surface area contributed by atoms with E-state index in [-0.39, 0.29) is 31.6 Å². The van der Waals surface area contributed by atoms with Gasteiger partial charge in [0.2, 0.25) is 0 Å². The van der Waals surface area contributed by atoms with Crippen LogP contribution in [0.2, 0.25) is 0 Å². The first kappa shape index (κ1) is 80.1. The SMILES string of the molecule is CC/C=C\C/C=C\C/C=C\C/C=C\C/C=C\CC(=O)OCC(COC(=O)CCCCCCCCCCCCCCCCCCCCCCCCCCCCCCCCC)OC(=O)CCCCCCCCCCCCCCCCCCCCC. The van der Waals surface area contributed by atoms with Gasteiger partial charge in [0.1, 0.15) is 13.2 Å². The molecule has 0 radical (unpaired) electrons. The Balaban J connectivity index is 4.22. The highest BCUT2D eigenvalue weighted by Crippen LogP contribution is 2.19. The van der Waals surface area contributed by atoms with Gasteiger partial charge in [0, 0.05) is 12.8 Å². The fourth-order valence-corrected chi connectivity index (χ4v) is 11.1. The molecule has 0 aliphatic rings. The number of esters is 3. The molecule has 0 bridgehead atoms. The second-order valence-electron chi connectivity index (χ2n) is 24.9. The summed E-state index contributed by atoms with van der Waals surface area (Å²) in [7, 11) is 0. The van der Waals surface area contributed by atoms with E-state index in [0.717, 1.165) is 70.6 Å². The van der Waals surface area contributed by atoms with Gasteiger partial charge in [0.15, 0.2) is 6.10 Å². The molecule has 0 N–H and O–H groups in total. The fourth-order valence-electron chi connectivity index (χ4n) is 11.1. The Labute approximate surface area is 517 Å². The van der Waals surface area contributed by atoms with Gasteiger partial charge in [-0.15, -0.1) is 0 Å². The Hall–Kier alpha value is -2.89. The maximum absolute atomic E-state index is 12.9. The zero-order valence-electron chi connectivity index (χ0n) is 55.7. The monoisotopic (exact) mass is 1160 g/mol. The van der Waals surface area contributed by atoms with E-state index >= 15 is 0 Å². The van der Waals surface area contributed by atoms with E-state index in [1.165, 1.54) is 283 Å². The van der Waals surface area contributed by atoms with Gasteiger partial charge < -0.3 is 14.2 Å². The highest BCUT2D eigenvalue weighted by atomic mass is 16.6. The molecule has 0 amide bonds. The fraction of sp³-hybridized carbons (Fsp3) is 0.831. The largest absolute Gasteiger partial charge is 0.462 e. The summed E-state index contributed by atoms with van der Waals surface area (Å²) in [6.07, 6.45) is 93.1. The summed E-state index contributed by atoms with van der Waals surface area (Å²) in [6.45, 7) is 6.51. The van der Waals surface area contributed by atoms with E-state index in [9.17, 15) is 14.4 Å². The lowest BCUT2D eigenvalue weighted by Crippen LogP contribution is -2.30. The predicted octanol–water partition coefficient (Wildman–Crippen LogP) is 25.5. The van der Waals surface area contributed by atoms with Crippen molar-refractivity contribution in [3.05, 3.63) is 60.8 Å². The highest BCUT2D eigenvalue weighted by molar-refractivity contribution is 5.72. The molecule has 6 nitrogen and oxygen atoms in total. The van der Waals surface area contributed by atoms with Crippen molar-refractivity contribution in [3.63, 3.8) is 0 Å². The topological polar surface area (TPSA) is 78.9 Å². The van der Waals surface area contributed by atoms with Crippen LogP contribution in [-0.4, -0.2) is 37.2 Å². The van der Waals surface area contributed by atoms with Crippen LogP contribution in [0.4, 0.5) is 0 Å². The van der Waals surface area contributed by atoms with Gasteiger partial charge in [-0.05, 0) is 44.9 Å². The number of allylic oxidation sites excluding steroid dienone is 9. The van der Waals surface area contributed by atoms with Crippen LogP contribution in [0.5, 0.6) is 0 Å². The lowest BCUT2D eigenvalue weighted by atomic mass is 10.0. The second kappa shape index (κ2) is 71.6. The van der Waals surface area contributed by atoms with Crippen molar-refractivity contribution in [2.45, 2.75) is 399 Å². The maximum atomic E-state index is 12.9. The Kier molecular flexibility index (Phi) is 69.1. The number of rotatable bonds is 68. The molecule has 0 aromatic rings. The molecule has 0 spiro atoms. The van der Waals surface area contributed by atoms with E-state index < -0.39 is 12.1 Å². The average Bonchev–Trinajstić information content (AvgIpc) is 3.50. The molecule has 0 aromatic carbocycles. The summed E-state index contributed by atoms with van der Waals surface area (Å²) in [5.41, 5.74) is 0. The second-order valence-corrected chi connectivity index (χ2v) is 24.9. The normalized spacial score (nSPS) is 12.4. The van der Waals surface area contributed by atoms with E-state index in [2.05, 4.69) is 69.4 Å². The molecule has 0 aliphatic carbocycles. The van der Waals surface area contributed by atoms with Crippen molar-refractivity contribution in [3.8, 4) is 0 Å². The Morgan fingerprint density at radius 2 is 0.470 bits per heavy atom. The molecule has 0 fully saturated rings. The van der Waals surface area contributed by atoms with Crippen LogP contribution in [0.25, 0.3) is 0 Å². The van der Waals surface area contributed by atoms with Gasteiger partial charge in [-0.3, -0.25) is 14.4 Å². The average molecular weight is 1160 g/mol. The molecule has 0 aliphatic heterocycles. The van der Waals surface area contributed by atoms with Crippen LogP contribution in [0, 0.1) is 0 Å². The van der Waals surface area contributed by atoms with Gasteiger partial charge in [-0.25, -0.2) is 0 Å². The van der Waals surface area contributed by atoms with Crippen molar-refractivity contribution in [1.29, 1.82) is 0 Å². The Morgan fingerprint density at radius 3 is 0.735 bits per heavy atom. The van der Waals surface area contributed by atoms with E-state index in [1.54, 1.807) is 0 Å². The summed E-state index contributed by atoms with van der Waals surface area (Å²) < 4.78 is 16.9. The van der Waals surface area contributed by atoms with Crippen molar-refractivity contribution >= 4 is 17.9 Å². The molecule has 6 heteroatoms. The molecule has 1 unspecified atom stereocenters.